The average Bonchev–Trinajstić information content (AvgIpc) is 2.72. The Morgan fingerprint density at radius 1 is 1.14 bits per heavy atom. The monoisotopic (exact) mass is 286 g/mol. The normalized spacial score (nSPS) is 10.2. The van der Waals surface area contributed by atoms with Crippen molar-refractivity contribution in [2.75, 3.05) is 10.6 Å². The summed E-state index contributed by atoms with van der Waals surface area (Å²) < 4.78 is 0. The van der Waals surface area contributed by atoms with Crippen LogP contribution in [0.15, 0.2) is 24.3 Å². The van der Waals surface area contributed by atoms with Crippen LogP contribution < -0.4 is 10.6 Å². The quantitative estimate of drug-likeness (QED) is 0.805. The topological polar surface area (TPSA) is 86.9 Å². The molecule has 6 heteroatoms. The molecule has 6 nitrogen and oxygen atoms in total. The predicted octanol–water partition coefficient (Wildman–Crippen LogP) is 2.17. The smallest absolute Gasteiger partial charge is 0.228 e. The van der Waals surface area contributed by atoms with Gasteiger partial charge < -0.3 is 10.6 Å². The van der Waals surface area contributed by atoms with E-state index in [-0.39, 0.29) is 18.2 Å². The molecule has 2 aromatic rings. The van der Waals surface area contributed by atoms with Crippen LogP contribution in [0.2, 0.25) is 0 Å². The van der Waals surface area contributed by atoms with Crippen LogP contribution in [0.5, 0.6) is 0 Å². The molecule has 0 bridgehead atoms. The largest absolute Gasteiger partial charge is 0.326 e. The van der Waals surface area contributed by atoms with Crippen molar-refractivity contribution in [3.8, 4) is 0 Å². The number of nitrogens with one attached hydrogen (secondary N) is 3. The summed E-state index contributed by atoms with van der Waals surface area (Å²) >= 11 is 0. The summed E-state index contributed by atoms with van der Waals surface area (Å²) in [5.41, 5.74) is 3.92. The Hall–Kier alpha value is -2.63. The molecule has 2 amide bonds. The molecule has 0 unspecified atom stereocenters. The molecule has 1 aromatic carbocycles. The Kier molecular flexibility index (Phi) is 4.37. The van der Waals surface area contributed by atoms with Gasteiger partial charge in [-0.25, -0.2) is 0 Å². The molecule has 0 saturated heterocycles. The van der Waals surface area contributed by atoms with Gasteiger partial charge in [-0.3, -0.25) is 14.7 Å². The lowest BCUT2D eigenvalue weighted by Crippen LogP contribution is -2.15. The van der Waals surface area contributed by atoms with Crippen LogP contribution in [0.25, 0.3) is 0 Å². The first-order valence-corrected chi connectivity index (χ1v) is 6.63. The molecule has 0 aliphatic rings. The lowest BCUT2D eigenvalue weighted by atomic mass is 10.1. The average molecular weight is 286 g/mol. The predicted molar refractivity (Wildman–Crippen MR) is 81.1 cm³/mol. The number of H-pyrrole nitrogens is 1. The van der Waals surface area contributed by atoms with Crippen LogP contribution in [0.4, 0.5) is 11.4 Å². The summed E-state index contributed by atoms with van der Waals surface area (Å²) in [6.07, 6.45) is 0.268. The fourth-order valence-corrected chi connectivity index (χ4v) is 2.01. The second-order valence-electron chi connectivity index (χ2n) is 4.91. The number of nitrogens with zero attached hydrogens (tertiary/aromatic N) is 1. The number of aryl methyl sites for hydroxylation is 2. The molecule has 2 rings (SSSR count). The molecule has 1 heterocycles. The van der Waals surface area contributed by atoms with Crippen molar-refractivity contribution >= 4 is 23.2 Å². The van der Waals surface area contributed by atoms with Crippen LogP contribution in [0, 0.1) is 13.8 Å². The van der Waals surface area contributed by atoms with E-state index in [1.807, 2.05) is 26.0 Å². The maximum absolute atomic E-state index is 12.0. The van der Waals surface area contributed by atoms with Gasteiger partial charge in [-0.15, -0.1) is 0 Å². The Morgan fingerprint density at radius 3 is 2.33 bits per heavy atom. The summed E-state index contributed by atoms with van der Waals surface area (Å²) in [7, 11) is 0. The molecule has 0 saturated carbocycles. The van der Waals surface area contributed by atoms with Crippen molar-refractivity contribution < 1.29 is 9.59 Å². The number of carbonyl (C=O) groups excluding carboxylic acids is 2. The molecule has 3 N–H and O–H groups in total. The van der Waals surface area contributed by atoms with Gasteiger partial charge in [-0.2, -0.15) is 5.10 Å². The molecule has 0 spiro atoms. The van der Waals surface area contributed by atoms with Gasteiger partial charge >= 0.3 is 0 Å². The maximum Gasteiger partial charge on any atom is 0.228 e. The van der Waals surface area contributed by atoms with E-state index in [4.69, 9.17) is 0 Å². The third-order valence-corrected chi connectivity index (χ3v) is 3.03. The summed E-state index contributed by atoms with van der Waals surface area (Å²) in [5, 5.41) is 12.4. The highest BCUT2D eigenvalue weighted by atomic mass is 16.2. The number of amides is 2. The zero-order valence-electron chi connectivity index (χ0n) is 12.3. The van der Waals surface area contributed by atoms with Gasteiger partial charge in [0.05, 0.1) is 23.5 Å². The zero-order chi connectivity index (χ0) is 15.4. The minimum absolute atomic E-state index is 0.102. The molecular weight excluding hydrogens is 268 g/mol. The highest BCUT2D eigenvalue weighted by Crippen LogP contribution is 2.17. The van der Waals surface area contributed by atoms with E-state index >= 15 is 0 Å². The molecule has 0 aliphatic heterocycles. The van der Waals surface area contributed by atoms with Crippen LogP contribution in [-0.2, 0) is 16.0 Å². The van der Waals surface area contributed by atoms with Gasteiger partial charge in [0.2, 0.25) is 11.8 Å². The lowest BCUT2D eigenvalue weighted by Gasteiger charge is -2.06. The van der Waals surface area contributed by atoms with Crippen molar-refractivity contribution in [1.82, 2.24) is 10.2 Å². The second-order valence-corrected chi connectivity index (χ2v) is 4.91. The van der Waals surface area contributed by atoms with E-state index in [1.54, 1.807) is 12.1 Å². The number of rotatable bonds is 4. The standard InChI is InChI=1S/C15H18N4O2/c1-9-15(10(2)19-18-9)17-14(21)8-12-4-6-13(7-5-12)16-11(3)20/h4-7H,8H2,1-3H3,(H,16,20)(H,17,21)(H,18,19). The summed E-state index contributed by atoms with van der Waals surface area (Å²) in [5.74, 6) is -0.221. The number of aromatic nitrogens is 2. The highest BCUT2D eigenvalue weighted by Gasteiger charge is 2.10. The van der Waals surface area contributed by atoms with Gasteiger partial charge in [-0.05, 0) is 31.5 Å². The Balaban J connectivity index is 1.98. The summed E-state index contributed by atoms with van der Waals surface area (Å²) in [6, 6.07) is 7.19. The van der Waals surface area contributed by atoms with Crippen molar-refractivity contribution in [2.45, 2.75) is 27.2 Å². The maximum atomic E-state index is 12.0. The third-order valence-electron chi connectivity index (χ3n) is 3.03. The number of hydrogen-bond acceptors (Lipinski definition) is 3. The minimum atomic E-state index is -0.119. The van der Waals surface area contributed by atoms with Crippen molar-refractivity contribution in [3.05, 3.63) is 41.2 Å². The van der Waals surface area contributed by atoms with Crippen LogP contribution in [0.3, 0.4) is 0 Å². The first-order valence-electron chi connectivity index (χ1n) is 6.63. The van der Waals surface area contributed by atoms with Crippen LogP contribution in [-0.4, -0.2) is 22.0 Å². The molecule has 0 atom stereocenters. The van der Waals surface area contributed by atoms with E-state index in [9.17, 15) is 9.59 Å². The fourth-order valence-electron chi connectivity index (χ4n) is 2.01. The molecule has 0 fully saturated rings. The molecule has 21 heavy (non-hydrogen) atoms. The second kappa shape index (κ2) is 6.21. The van der Waals surface area contributed by atoms with Crippen molar-refractivity contribution in [2.24, 2.45) is 0 Å². The SMILES string of the molecule is CC(=O)Nc1ccc(CC(=O)Nc2c(C)n[nH]c2C)cc1. The number of benzene rings is 1. The number of carbonyl (C=O) groups is 2. The van der Waals surface area contributed by atoms with E-state index < -0.39 is 0 Å². The minimum Gasteiger partial charge on any atom is -0.326 e. The molecule has 1 aromatic heterocycles. The molecular formula is C15H18N4O2. The lowest BCUT2D eigenvalue weighted by molar-refractivity contribution is -0.116. The van der Waals surface area contributed by atoms with E-state index in [0.717, 1.165) is 22.6 Å². The molecule has 0 radical (unpaired) electrons. The highest BCUT2D eigenvalue weighted by molar-refractivity contribution is 5.93. The van der Waals surface area contributed by atoms with Crippen molar-refractivity contribution in [3.63, 3.8) is 0 Å². The van der Waals surface area contributed by atoms with Crippen LogP contribution in [0.1, 0.15) is 23.9 Å². The first-order chi connectivity index (χ1) is 9.95. The molecule has 110 valence electrons. The third kappa shape index (κ3) is 3.92. The zero-order valence-corrected chi connectivity index (χ0v) is 12.3. The summed E-state index contributed by atoms with van der Waals surface area (Å²) in [6.45, 7) is 5.15. The van der Waals surface area contributed by atoms with Gasteiger partial charge in [0, 0.05) is 12.6 Å². The number of aromatic amines is 1. The van der Waals surface area contributed by atoms with Crippen molar-refractivity contribution in [1.29, 1.82) is 0 Å². The molecule has 0 aliphatic carbocycles. The van der Waals surface area contributed by atoms with Gasteiger partial charge in [-0.1, -0.05) is 12.1 Å². The Morgan fingerprint density at radius 2 is 1.81 bits per heavy atom. The van der Waals surface area contributed by atoms with E-state index in [0.29, 0.717) is 5.69 Å². The number of anilines is 2. The van der Waals surface area contributed by atoms with Gasteiger partial charge in [0.25, 0.3) is 0 Å². The van der Waals surface area contributed by atoms with E-state index in [1.165, 1.54) is 6.92 Å². The fraction of sp³-hybridized carbons (Fsp3) is 0.267. The Bertz CT molecular complexity index is 639. The summed E-state index contributed by atoms with van der Waals surface area (Å²) in [4.78, 5) is 23.0. The number of hydrogen-bond donors (Lipinski definition) is 3. The van der Waals surface area contributed by atoms with Crippen LogP contribution >= 0.6 is 0 Å². The first kappa shape index (κ1) is 14.8. The van der Waals surface area contributed by atoms with Gasteiger partial charge in [0.15, 0.2) is 0 Å². The van der Waals surface area contributed by atoms with E-state index in [2.05, 4.69) is 20.8 Å². The van der Waals surface area contributed by atoms with Gasteiger partial charge in [0.1, 0.15) is 0 Å². The Labute approximate surface area is 122 Å².